The van der Waals surface area contributed by atoms with Crippen molar-refractivity contribution in [1.82, 2.24) is 21.3 Å². The minimum Gasteiger partial charge on any atom is -0.508 e. The van der Waals surface area contributed by atoms with Gasteiger partial charge in [-0.15, -0.1) is 0 Å². The monoisotopic (exact) mass is 666 g/mol. The Morgan fingerprint density at radius 3 is 2.09 bits per heavy atom. The second-order valence-corrected chi connectivity index (χ2v) is 10.9. The van der Waals surface area contributed by atoms with Crippen molar-refractivity contribution in [2.45, 2.75) is 37.9 Å². The van der Waals surface area contributed by atoms with Crippen LogP contribution in [0.5, 0.6) is 5.75 Å². The van der Waals surface area contributed by atoms with Crippen molar-refractivity contribution in [3.05, 3.63) is 94.5 Å². The van der Waals surface area contributed by atoms with Crippen LogP contribution in [0.2, 0.25) is 0 Å². The molecule has 232 valence electrons. The van der Waals surface area contributed by atoms with E-state index in [1.54, 1.807) is 54.6 Å². The summed E-state index contributed by atoms with van der Waals surface area (Å²) < 4.78 is 0.786. The Kier molecular flexibility index (Phi) is 12.9. The molecule has 44 heavy (non-hydrogen) atoms. The van der Waals surface area contributed by atoms with E-state index in [0.717, 1.165) is 15.6 Å². The number of nitrogens with two attached hydrogens (primary N) is 1. The third kappa shape index (κ3) is 11.5. The topological polar surface area (TPSA) is 192 Å². The molecule has 5 amide bonds. The zero-order chi connectivity index (χ0) is 32.1. The van der Waals surface area contributed by atoms with E-state index in [1.165, 1.54) is 19.1 Å². The molecule has 0 aliphatic rings. The van der Waals surface area contributed by atoms with Crippen LogP contribution in [0.1, 0.15) is 18.1 Å². The van der Waals surface area contributed by atoms with Gasteiger partial charge >= 0.3 is 0 Å². The third-order valence-electron chi connectivity index (χ3n) is 6.37. The summed E-state index contributed by atoms with van der Waals surface area (Å²) >= 11 is 3.39. The molecule has 0 heterocycles. The molecular weight excluding hydrogens is 632 g/mol. The van der Waals surface area contributed by atoms with Crippen LogP contribution >= 0.6 is 15.9 Å². The van der Waals surface area contributed by atoms with Crippen molar-refractivity contribution in [3.8, 4) is 5.75 Å². The second kappa shape index (κ2) is 16.8. The average molecular weight is 668 g/mol. The highest BCUT2D eigenvalue weighted by atomic mass is 79.9. The molecule has 0 radical (unpaired) electrons. The zero-order valence-corrected chi connectivity index (χ0v) is 25.6. The molecule has 8 N–H and O–H groups in total. The van der Waals surface area contributed by atoms with Crippen LogP contribution in [-0.4, -0.2) is 65.9 Å². The summed E-state index contributed by atoms with van der Waals surface area (Å²) in [5.41, 5.74) is 8.02. The first kappa shape index (κ1) is 33.7. The summed E-state index contributed by atoms with van der Waals surface area (Å²) in [6.07, 6.45) is 0.314. The van der Waals surface area contributed by atoms with Gasteiger partial charge < -0.3 is 37.4 Å². The number of carbonyl (C=O) groups excluding carboxylic acids is 5. The maximum Gasteiger partial charge on any atom is 0.243 e. The first-order valence-corrected chi connectivity index (χ1v) is 14.6. The Morgan fingerprint density at radius 1 is 0.750 bits per heavy atom. The fourth-order valence-corrected chi connectivity index (χ4v) is 4.50. The Balaban J connectivity index is 1.51. The van der Waals surface area contributed by atoms with Gasteiger partial charge in [-0.05, 0) is 60.9 Å². The van der Waals surface area contributed by atoms with Crippen LogP contribution in [0.25, 0.3) is 0 Å². The lowest BCUT2D eigenvalue weighted by molar-refractivity contribution is -0.131. The van der Waals surface area contributed by atoms with Gasteiger partial charge in [-0.3, -0.25) is 24.0 Å². The molecule has 0 unspecified atom stereocenters. The van der Waals surface area contributed by atoms with Crippen LogP contribution in [0.15, 0.2) is 83.3 Å². The number of phenolic OH excluding ortho intramolecular Hbond substituents is 1. The number of halogens is 1. The molecule has 3 aromatic rings. The van der Waals surface area contributed by atoms with Gasteiger partial charge in [0.1, 0.15) is 17.8 Å². The molecular formula is C31H35BrN6O6. The number of rotatable bonds is 14. The molecule has 0 aliphatic heterocycles. The highest BCUT2D eigenvalue weighted by Crippen LogP contribution is 2.14. The van der Waals surface area contributed by atoms with Gasteiger partial charge in [0.2, 0.25) is 29.5 Å². The number of phenols is 1. The van der Waals surface area contributed by atoms with Gasteiger partial charge in [0.15, 0.2) is 0 Å². The van der Waals surface area contributed by atoms with Crippen LogP contribution in [0.3, 0.4) is 0 Å². The first-order valence-electron chi connectivity index (χ1n) is 13.8. The fourth-order valence-electron chi connectivity index (χ4n) is 4.06. The molecule has 0 spiro atoms. The summed E-state index contributed by atoms with van der Waals surface area (Å²) in [5.74, 6) is -2.78. The van der Waals surface area contributed by atoms with Crippen LogP contribution in [-0.2, 0) is 36.8 Å². The van der Waals surface area contributed by atoms with E-state index in [0.29, 0.717) is 5.69 Å². The molecule has 3 aromatic carbocycles. The number of aromatic hydroxyl groups is 1. The Morgan fingerprint density at radius 2 is 1.41 bits per heavy atom. The summed E-state index contributed by atoms with van der Waals surface area (Å²) in [4.78, 5) is 63.2. The molecule has 3 rings (SSSR count). The number of hydrogen-bond donors (Lipinski definition) is 7. The standard InChI is InChI=1S/C31H35BrN6O6/c1-19(36-30(43)25(33)15-20-10-12-24(39)13-11-20)29(42)34-18-28(41)38-26(16-21-6-5-7-22(32)14-21)31(44)35-17-27(40)37-23-8-3-2-4-9-23/h2-14,19,25-26,39H,15-18,33H2,1H3,(H,34,42)(H,35,44)(H,36,43)(H,37,40)(H,38,41)/t19-,25+,26+/m1/s1. The van der Waals surface area contributed by atoms with E-state index in [1.807, 2.05) is 12.1 Å². The van der Waals surface area contributed by atoms with E-state index in [2.05, 4.69) is 42.5 Å². The van der Waals surface area contributed by atoms with Crippen molar-refractivity contribution >= 4 is 51.2 Å². The minimum atomic E-state index is -1.05. The van der Waals surface area contributed by atoms with E-state index in [-0.39, 0.29) is 25.1 Å². The Bertz CT molecular complexity index is 1450. The second-order valence-electron chi connectivity index (χ2n) is 10.0. The van der Waals surface area contributed by atoms with Gasteiger partial charge in [-0.1, -0.05) is 58.4 Å². The molecule has 0 aromatic heterocycles. The van der Waals surface area contributed by atoms with E-state index >= 15 is 0 Å². The predicted octanol–water partition coefficient (Wildman–Crippen LogP) is 1.13. The van der Waals surface area contributed by atoms with Gasteiger partial charge in [0, 0.05) is 16.6 Å². The SMILES string of the molecule is C[C@@H](NC(=O)[C@@H](N)Cc1ccc(O)cc1)C(=O)NCC(=O)N[C@@H](Cc1cccc(Br)c1)C(=O)NCC(=O)Nc1ccccc1. The molecule has 0 aliphatic carbocycles. The van der Waals surface area contributed by atoms with Crippen molar-refractivity contribution in [2.75, 3.05) is 18.4 Å². The highest BCUT2D eigenvalue weighted by molar-refractivity contribution is 9.10. The summed E-state index contributed by atoms with van der Waals surface area (Å²) in [5, 5.41) is 22.2. The molecule has 0 saturated carbocycles. The normalized spacial score (nSPS) is 12.6. The lowest BCUT2D eigenvalue weighted by Crippen LogP contribution is -2.54. The average Bonchev–Trinajstić information content (AvgIpc) is 2.99. The van der Waals surface area contributed by atoms with Gasteiger partial charge in [-0.25, -0.2) is 0 Å². The zero-order valence-electron chi connectivity index (χ0n) is 24.0. The van der Waals surface area contributed by atoms with Crippen molar-refractivity contribution in [3.63, 3.8) is 0 Å². The maximum absolute atomic E-state index is 13.0. The quantitative estimate of drug-likeness (QED) is 0.134. The first-order chi connectivity index (χ1) is 21.0. The summed E-state index contributed by atoms with van der Waals surface area (Å²) in [6, 6.07) is 19.2. The lowest BCUT2D eigenvalue weighted by atomic mass is 10.1. The molecule has 12 nitrogen and oxygen atoms in total. The molecule has 0 fully saturated rings. The third-order valence-corrected chi connectivity index (χ3v) is 6.86. The smallest absolute Gasteiger partial charge is 0.243 e. The van der Waals surface area contributed by atoms with E-state index in [9.17, 15) is 29.1 Å². The molecule has 0 saturated heterocycles. The van der Waals surface area contributed by atoms with Crippen molar-refractivity contribution in [2.24, 2.45) is 5.73 Å². The van der Waals surface area contributed by atoms with Gasteiger partial charge in [0.25, 0.3) is 0 Å². The van der Waals surface area contributed by atoms with Crippen LogP contribution in [0.4, 0.5) is 5.69 Å². The van der Waals surface area contributed by atoms with E-state index in [4.69, 9.17) is 5.73 Å². The highest BCUT2D eigenvalue weighted by Gasteiger charge is 2.24. The Hall–Kier alpha value is -4.75. The largest absolute Gasteiger partial charge is 0.508 e. The lowest BCUT2D eigenvalue weighted by Gasteiger charge is -2.20. The van der Waals surface area contributed by atoms with Crippen molar-refractivity contribution < 1.29 is 29.1 Å². The predicted molar refractivity (Wildman–Crippen MR) is 168 cm³/mol. The van der Waals surface area contributed by atoms with Crippen LogP contribution < -0.4 is 32.3 Å². The van der Waals surface area contributed by atoms with Crippen LogP contribution in [0, 0.1) is 0 Å². The number of amides is 5. The number of carbonyl (C=O) groups is 5. The molecule has 0 bridgehead atoms. The summed E-state index contributed by atoms with van der Waals surface area (Å²) in [6.45, 7) is 0.666. The molecule has 3 atom stereocenters. The van der Waals surface area contributed by atoms with Gasteiger partial charge in [-0.2, -0.15) is 0 Å². The maximum atomic E-state index is 13.0. The summed E-state index contributed by atoms with van der Waals surface area (Å²) in [7, 11) is 0. The molecule has 13 heteroatoms. The Labute approximate surface area is 263 Å². The number of nitrogens with one attached hydrogen (secondary N) is 5. The minimum absolute atomic E-state index is 0.0902. The van der Waals surface area contributed by atoms with E-state index < -0.39 is 54.2 Å². The fraction of sp³-hybridized carbons (Fsp3) is 0.258. The number of anilines is 1. The van der Waals surface area contributed by atoms with Crippen molar-refractivity contribution in [1.29, 1.82) is 0 Å². The number of benzene rings is 3. The number of hydrogen-bond acceptors (Lipinski definition) is 7. The number of para-hydroxylation sites is 1. The van der Waals surface area contributed by atoms with Gasteiger partial charge in [0.05, 0.1) is 19.1 Å².